The summed E-state index contributed by atoms with van der Waals surface area (Å²) in [5, 5.41) is 9.73. The lowest BCUT2D eigenvalue weighted by Gasteiger charge is -2.45. The van der Waals surface area contributed by atoms with Gasteiger partial charge in [0.25, 0.3) is 0 Å². The van der Waals surface area contributed by atoms with Gasteiger partial charge in [-0.05, 0) is 63.8 Å². The Morgan fingerprint density at radius 3 is 2.42 bits per heavy atom. The van der Waals surface area contributed by atoms with Crippen LogP contribution in [0.2, 0.25) is 0 Å². The molecule has 2 unspecified atom stereocenters. The minimum absolute atomic E-state index is 0.474. The van der Waals surface area contributed by atoms with Crippen molar-refractivity contribution in [2.24, 2.45) is 17.3 Å². The molecule has 1 saturated heterocycles. The number of aliphatic carboxylic acids is 1. The highest BCUT2D eigenvalue weighted by atomic mass is 16.4. The molecule has 1 N–H and O–H groups in total. The predicted octanol–water partition coefficient (Wildman–Crippen LogP) is 3.39. The molecule has 2 rings (SSSR count). The molecule has 2 atom stereocenters. The zero-order chi connectivity index (χ0) is 14.0. The molecular formula is C16H29NO2. The molecule has 0 spiro atoms. The standard InChI is InChI=1S/C16H29NO2/c1-12-6-8-16(9-7-12,15(18)19)11-17-10-4-5-13(2)14(17)3/h12-14H,4-11H2,1-3H3,(H,18,19). The first kappa shape index (κ1) is 14.8. The summed E-state index contributed by atoms with van der Waals surface area (Å²) in [4.78, 5) is 14.3. The molecule has 19 heavy (non-hydrogen) atoms. The Morgan fingerprint density at radius 2 is 1.84 bits per heavy atom. The van der Waals surface area contributed by atoms with Gasteiger partial charge < -0.3 is 5.11 Å². The Bertz CT molecular complexity index is 321. The van der Waals surface area contributed by atoms with Crippen LogP contribution in [0.4, 0.5) is 0 Å². The monoisotopic (exact) mass is 267 g/mol. The van der Waals surface area contributed by atoms with Crippen molar-refractivity contribution in [2.45, 2.75) is 65.3 Å². The highest BCUT2D eigenvalue weighted by Gasteiger charge is 2.43. The molecule has 110 valence electrons. The largest absolute Gasteiger partial charge is 0.481 e. The second kappa shape index (κ2) is 5.82. The molecule has 0 amide bonds. The van der Waals surface area contributed by atoms with Gasteiger partial charge in [0.2, 0.25) is 0 Å². The average Bonchev–Trinajstić information content (AvgIpc) is 2.37. The molecule has 1 aliphatic heterocycles. The van der Waals surface area contributed by atoms with Crippen LogP contribution in [-0.4, -0.2) is 35.1 Å². The molecule has 1 saturated carbocycles. The van der Waals surface area contributed by atoms with Crippen molar-refractivity contribution in [3.05, 3.63) is 0 Å². The van der Waals surface area contributed by atoms with E-state index in [2.05, 4.69) is 25.7 Å². The summed E-state index contributed by atoms with van der Waals surface area (Å²) in [5.41, 5.74) is -0.474. The third kappa shape index (κ3) is 3.13. The fraction of sp³-hybridized carbons (Fsp3) is 0.938. The van der Waals surface area contributed by atoms with Gasteiger partial charge in [0.15, 0.2) is 0 Å². The number of likely N-dealkylation sites (tertiary alicyclic amines) is 1. The summed E-state index contributed by atoms with van der Waals surface area (Å²) in [7, 11) is 0. The first-order valence-corrected chi connectivity index (χ1v) is 7.92. The molecule has 3 heteroatoms. The molecule has 2 fully saturated rings. The first-order chi connectivity index (χ1) is 8.94. The van der Waals surface area contributed by atoms with E-state index in [1.165, 1.54) is 12.8 Å². The molecule has 1 heterocycles. The number of nitrogens with zero attached hydrogens (tertiary/aromatic N) is 1. The maximum absolute atomic E-state index is 11.8. The Kier molecular flexibility index (Phi) is 4.54. The van der Waals surface area contributed by atoms with Gasteiger partial charge in [-0.3, -0.25) is 9.69 Å². The molecule has 0 aromatic carbocycles. The SMILES string of the molecule is CC1CCC(CN2CCCC(C)C2C)(C(=O)O)CC1. The molecule has 0 bridgehead atoms. The van der Waals surface area contributed by atoms with Crippen molar-refractivity contribution in [2.75, 3.05) is 13.1 Å². The Balaban J connectivity index is 2.06. The summed E-state index contributed by atoms with van der Waals surface area (Å²) in [6.07, 6.45) is 6.38. The minimum atomic E-state index is -0.565. The maximum Gasteiger partial charge on any atom is 0.310 e. The van der Waals surface area contributed by atoms with E-state index in [0.717, 1.165) is 38.8 Å². The van der Waals surface area contributed by atoms with Gasteiger partial charge in [0.05, 0.1) is 5.41 Å². The van der Waals surface area contributed by atoms with Crippen molar-refractivity contribution < 1.29 is 9.90 Å². The first-order valence-electron chi connectivity index (χ1n) is 7.92. The fourth-order valence-electron chi connectivity index (χ4n) is 3.79. The normalized spacial score (nSPS) is 41.1. The van der Waals surface area contributed by atoms with Crippen molar-refractivity contribution in [3.8, 4) is 0 Å². The van der Waals surface area contributed by atoms with Crippen LogP contribution in [-0.2, 0) is 4.79 Å². The van der Waals surface area contributed by atoms with Crippen molar-refractivity contribution in [1.29, 1.82) is 0 Å². The van der Waals surface area contributed by atoms with Crippen LogP contribution >= 0.6 is 0 Å². The third-order valence-electron chi connectivity index (χ3n) is 5.70. The number of hydrogen-bond acceptors (Lipinski definition) is 2. The second-order valence-electron chi connectivity index (χ2n) is 7.10. The molecule has 3 nitrogen and oxygen atoms in total. The molecule has 2 aliphatic rings. The van der Waals surface area contributed by atoms with Crippen molar-refractivity contribution in [3.63, 3.8) is 0 Å². The van der Waals surface area contributed by atoms with Gasteiger partial charge in [0.1, 0.15) is 0 Å². The molecule has 0 radical (unpaired) electrons. The van der Waals surface area contributed by atoms with Gasteiger partial charge in [-0.2, -0.15) is 0 Å². The Labute approximate surface area is 117 Å². The van der Waals surface area contributed by atoms with E-state index >= 15 is 0 Å². The van der Waals surface area contributed by atoms with Gasteiger partial charge in [-0.25, -0.2) is 0 Å². The summed E-state index contributed by atoms with van der Waals surface area (Å²) in [6, 6.07) is 0.532. The number of carboxylic acids is 1. The Morgan fingerprint density at radius 1 is 1.21 bits per heavy atom. The van der Waals surface area contributed by atoms with Crippen molar-refractivity contribution >= 4 is 5.97 Å². The zero-order valence-corrected chi connectivity index (χ0v) is 12.7. The quantitative estimate of drug-likeness (QED) is 0.852. The summed E-state index contributed by atoms with van der Waals surface area (Å²) >= 11 is 0. The number of carbonyl (C=O) groups is 1. The van der Waals surface area contributed by atoms with E-state index in [-0.39, 0.29) is 0 Å². The van der Waals surface area contributed by atoms with Crippen LogP contribution in [0.15, 0.2) is 0 Å². The van der Waals surface area contributed by atoms with Gasteiger partial charge in [-0.15, -0.1) is 0 Å². The van der Waals surface area contributed by atoms with E-state index in [1.807, 2.05) is 0 Å². The highest BCUT2D eigenvalue weighted by molar-refractivity contribution is 5.75. The summed E-state index contributed by atoms with van der Waals surface area (Å²) < 4.78 is 0. The fourth-order valence-corrected chi connectivity index (χ4v) is 3.79. The van der Waals surface area contributed by atoms with Crippen LogP contribution in [0, 0.1) is 17.3 Å². The highest BCUT2D eigenvalue weighted by Crippen LogP contribution is 2.41. The van der Waals surface area contributed by atoms with Crippen LogP contribution < -0.4 is 0 Å². The number of carboxylic acid groups (broad SMARTS) is 1. The Hall–Kier alpha value is -0.570. The number of rotatable bonds is 3. The van der Waals surface area contributed by atoms with Crippen LogP contribution in [0.5, 0.6) is 0 Å². The number of hydrogen-bond donors (Lipinski definition) is 1. The zero-order valence-electron chi connectivity index (χ0n) is 12.7. The maximum atomic E-state index is 11.8. The van der Waals surface area contributed by atoms with Crippen LogP contribution in [0.3, 0.4) is 0 Å². The summed E-state index contributed by atoms with van der Waals surface area (Å²) in [5.74, 6) is 0.831. The van der Waals surface area contributed by atoms with E-state index in [1.54, 1.807) is 0 Å². The van der Waals surface area contributed by atoms with E-state index in [4.69, 9.17) is 0 Å². The smallest absolute Gasteiger partial charge is 0.310 e. The number of piperidine rings is 1. The van der Waals surface area contributed by atoms with Gasteiger partial charge >= 0.3 is 5.97 Å². The predicted molar refractivity (Wildman–Crippen MR) is 77.1 cm³/mol. The van der Waals surface area contributed by atoms with E-state index in [9.17, 15) is 9.90 Å². The second-order valence-corrected chi connectivity index (χ2v) is 7.10. The van der Waals surface area contributed by atoms with E-state index < -0.39 is 11.4 Å². The van der Waals surface area contributed by atoms with Gasteiger partial charge in [-0.1, -0.05) is 13.8 Å². The minimum Gasteiger partial charge on any atom is -0.481 e. The molecule has 0 aromatic rings. The van der Waals surface area contributed by atoms with Crippen molar-refractivity contribution in [1.82, 2.24) is 4.90 Å². The average molecular weight is 267 g/mol. The summed E-state index contributed by atoms with van der Waals surface area (Å²) in [6.45, 7) is 8.66. The lowest BCUT2D eigenvalue weighted by atomic mass is 9.70. The van der Waals surface area contributed by atoms with Gasteiger partial charge in [0, 0.05) is 12.6 Å². The molecular weight excluding hydrogens is 238 g/mol. The van der Waals surface area contributed by atoms with Crippen LogP contribution in [0.25, 0.3) is 0 Å². The third-order valence-corrected chi connectivity index (χ3v) is 5.70. The molecule has 0 aromatic heterocycles. The lowest BCUT2D eigenvalue weighted by molar-refractivity contribution is -0.154. The molecule has 1 aliphatic carbocycles. The van der Waals surface area contributed by atoms with E-state index in [0.29, 0.717) is 17.9 Å². The van der Waals surface area contributed by atoms with Crippen LogP contribution in [0.1, 0.15) is 59.3 Å². The lowest BCUT2D eigenvalue weighted by Crippen LogP contribution is -2.51. The topological polar surface area (TPSA) is 40.5 Å².